The van der Waals surface area contributed by atoms with Crippen LogP contribution in [-0.4, -0.2) is 41.7 Å². The second-order valence-electron chi connectivity index (χ2n) is 12.8. The Morgan fingerprint density at radius 1 is 0.674 bits per heavy atom. The highest BCUT2D eigenvalue weighted by Gasteiger charge is 2.39. The topological polar surface area (TPSA) is 156 Å². The first-order valence-electron chi connectivity index (χ1n) is 15.0. The first-order valence-corrected chi connectivity index (χ1v) is 15.0. The van der Waals surface area contributed by atoms with Crippen molar-refractivity contribution in [1.82, 2.24) is 29.9 Å². The molecule has 0 saturated carbocycles. The van der Waals surface area contributed by atoms with Crippen molar-refractivity contribution in [2.75, 3.05) is 16.0 Å². The number of carbonyl (C=O) groups is 2. The number of H-pyrrole nitrogens is 3. The minimum atomic E-state index is -0.528. The Bertz CT molecular complexity index is 2310. The molecule has 0 aliphatic carbocycles. The van der Waals surface area contributed by atoms with Crippen molar-refractivity contribution in [3.63, 3.8) is 0 Å². The van der Waals surface area contributed by atoms with E-state index in [2.05, 4.69) is 53.0 Å². The van der Waals surface area contributed by atoms with Crippen LogP contribution < -0.4 is 16.0 Å². The zero-order chi connectivity index (χ0) is 31.8. The third kappa shape index (κ3) is 4.39. The van der Waals surface area contributed by atoms with Crippen LogP contribution in [-0.2, 0) is 20.4 Å². The number of nitrogens with one attached hydrogen (secondary N) is 6. The van der Waals surface area contributed by atoms with Crippen molar-refractivity contribution in [1.29, 1.82) is 0 Å². The molecule has 2 aliphatic rings. The van der Waals surface area contributed by atoms with Gasteiger partial charge >= 0.3 is 0 Å². The van der Waals surface area contributed by atoms with Gasteiger partial charge in [-0.2, -0.15) is 0 Å². The minimum absolute atomic E-state index is 0.0175. The van der Waals surface area contributed by atoms with Gasteiger partial charge in [0.05, 0.1) is 50.5 Å². The Kier molecular flexibility index (Phi) is 5.85. The van der Waals surface area contributed by atoms with Gasteiger partial charge < -0.3 is 30.9 Å². The van der Waals surface area contributed by atoms with Gasteiger partial charge in [-0.1, -0.05) is 18.2 Å². The van der Waals surface area contributed by atoms with Crippen LogP contribution in [0.2, 0.25) is 0 Å². The van der Waals surface area contributed by atoms with E-state index in [1.807, 2.05) is 82.3 Å². The molecule has 0 atom stereocenters. The van der Waals surface area contributed by atoms with Crippen LogP contribution in [0.1, 0.15) is 38.8 Å². The van der Waals surface area contributed by atoms with Gasteiger partial charge in [0.25, 0.3) is 0 Å². The van der Waals surface area contributed by atoms with Gasteiger partial charge in [-0.3, -0.25) is 14.6 Å². The number of hydrogen-bond acceptors (Lipinski definition) is 6. The number of anilines is 4. The number of benzene rings is 3. The molecule has 0 radical (unpaired) electrons. The number of hydrogen-bond donors (Lipinski definition) is 6. The van der Waals surface area contributed by atoms with E-state index in [0.717, 1.165) is 72.7 Å². The molecule has 0 saturated heterocycles. The molecule has 6 heterocycles. The van der Waals surface area contributed by atoms with E-state index in [-0.39, 0.29) is 11.8 Å². The first-order chi connectivity index (χ1) is 22.1. The van der Waals surface area contributed by atoms with Gasteiger partial charge in [-0.05, 0) is 87.4 Å². The van der Waals surface area contributed by atoms with Crippen LogP contribution in [0.3, 0.4) is 0 Å². The average molecular weight is 610 g/mol. The third-order valence-corrected chi connectivity index (χ3v) is 8.93. The summed E-state index contributed by atoms with van der Waals surface area (Å²) >= 11 is 0. The fourth-order valence-corrected chi connectivity index (χ4v) is 6.12. The number of nitrogens with zero attached hydrogens (tertiary/aromatic N) is 3. The first kappa shape index (κ1) is 27.6. The lowest BCUT2D eigenvalue weighted by Crippen LogP contribution is -2.26. The lowest BCUT2D eigenvalue weighted by Gasteiger charge is -2.14. The maximum atomic E-state index is 12.1. The zero-order valence-corrected chi connectivity index (χ0v) is 25.7. The number of para-hydroxylation sites is 1. The predicted molar refractivity (Wildman–Crippen MR) is 180 cm³/mol. The van der Waals surface area contributed by atoms with Gasteiger partial charge in [-0.25, -0.2) is 9.97 Å². The summed E-state index contributed by atoms with van der Waals surface area (Å²) in [5.74, 6) is 1.50. The average Bonchev–Trinajstić information content (AvgIpc) is 3.82. The van der Waals surface area contributed by atoms with E-state index in [0.29, 0.717) is 5.95 Å². The Morgan fingerprint density at radius 2 is 1.33 bits per heavy atom. The highest BCUT2D eigenvalue weighted by atomic mass is 16.2. The van der Waals surface area contributed by atoms with E-state index in [1.54, 1.807) is 12.4 Å². The Balaban J connectivity index is 0.000000136. The third-order valence-electron chi connectivity index (χ3n) is 8.93. The van der Waals surface area contributed by atoms with Gasteiger partial charge in [-0.15, -0.1) is 0 Å². The van der Waals surface area contributed by atoms with Crippen molar-refractivity contribution in [3.05, 3.63) is 90.3 Å². The molecule has 6 N–H and O–H groups in total. The maximum Gasteiger partial charge on any atom is 0.234 e. The summed E-state index contributed by atoms with van der Waals surface area (Å²) in [7, 11) is 0. The van der Waals surface area contributed by atoms with Crippen LogP contribution >= 0.6 is 0 Å². The fourth-order valence-electron chi connectivity index (χ4n) is 6.12. The van der Waals surface area contributed by atoms with E-state index < -0.39 is 10.8 Å². The molecule has 2 amide bonds. The lowest BCUT2D eigenvalue weighted by molar-refractivity contribution is -0.120. The van der Waals surface area contributed by atoms with Gasteiger partial charge in [0, 0.05) is 28.5 Å². The molecule has 2 aliphatic heterocycles. The van der Waals surface area contributed by atoms with Crippen LogP contribution in [0.25, 0.3) is 44.5 Å². The SMILES string of the molecule is CC1(C)C(=O)Nc2cc3[nH]c(-c4cc5ccccc5[nH]4)nc3cc21.CC1(C)C(=O)Nc2cc3[nH]c(Nc4cccnc4)nc3cc21. The monoisotopic (exact) mass is 609 g/mol. The number of carbonyl (C=O) groups excluding carboxylic acids is 2. The summed E-state index contributed by atoms with van der Waals surface area (Å²) in [5, 5.41) is 10.2. The normalized spacial score (nSPS) is 15.7. The van der Waals surface area contributed by atoms with Crippen LogP contribution in [0.4, 0.5) is 23.0 Å². The van der Waals surface area contributed by atoms with Crippen molar-refractivity contribution >= 4 is 67.8 Å². The number of pyridine rings is 1. The number of imidazole rings is 2. The summed E-state index contributed by atoms with van der Waals surface area (Å²) in [5.41, 5.74) is 9.03. The Morgan fingerprint density at radius 3 is 1.98 bits per heavy atom. The second-order valence-corrected chi connectivity index (χ2v) is 12.8. The summed E-state index contributed by atoms with van der Waals surface area (Å²) in [6.45, 7) is 7.71. The highest BCUT2D eigenvalue weighted by Crippen LogP contribution is 2.41. The number of fused-ring (bicyclic) bond motifs is 5. The van der Waals surface area contributed by atoms with Crippen molar-refractivity contribution in [2.24, 2.45) is 0 Å². The number of rotatable bonds is 3. The van der Waals surface area contributed by atoms with Crippen molar-refractivity contribution in [3.8, 4) is 11.5 Å². The molecule has 11 nitrogen and oxygen atoms in total. The molecule has 228 valence electrons. The Labute approximate surface area is 263 Å². The Hall–Kier alpha value is -5.97. The van der Waals surface area contributed by atoms with Gasteiger partial charge in [0.2, 0.25) is 17.8 Å². The summed E-state index contributed by atoms with van der Waals surface area (Å²) in [6.07, 6.45) is 3.45. The fraction of sp³-hybridized carbons (Fsp3) is 0.171. The maximum absolute atomic E-state index is 12.1. The van der Waals surface area contributed by atoms with Gasteiger partial charge in [0.15, 0.2) is 5.82 Å². The number of aromatic nitrogens is 6. The highest BCUT2D eigenvalue weighted by molar-refractivity contribution is 6.08. The molecule has 11 heteroatoms. The number of aromatic amines is 3. The van der Waals surface area contributed by atoms with Crippen LogP contribution in [0.15, 0.2) is 79.1 Å². The largest absolute Gasteiger partial charge is 0.352 e. The van der Waals surface area contributed by atoms with E-state index in [1.165, 1.54) is 0 Å². The van der Waals surface area contributed by atoms with E-state index >= 15 is 0 Å². The molecule has 0 spiro atoms. The molecule has 46 heavy (non-hydrogen) atoms. The predicted octanol–water partition coefficient (Wildman–Crippen LogP) is 6.87. The molecule has 3 aromatic carbocycles. The number of amides is 2. The van der Waals surface area contributed by atoms with Gasteiger partial charge in [0.1, 0.15) is 0 Å². The molecule has 0 unspecified atom stereocenters. The van der Waals surface area contributed by atoms with Crippen molar-refractivity contribution < 1.29 is 9.59 Å². The summed E-state index contributed by atoms with van der Waals surface area (Å²) < 4.78 is 0. The van der Waals surface area contributed by atoms with Crippen LogP contribution in [0.5, 0.6) is 0 Å². The van der Waals surface area contributed by atoms with Crippen LogP contribution in [0, 0.1) is 0 Å². The zero-order valence-electron chi connectivity index (χ0n) is 25.7. The summed E-state index contributed by atoms with van der Waals surface area (Å²) in [6, 6.07) is 21.9. The molecular formula is C35H31N9O2. The molecule has 9 rings (SSSR count). The van der Waals surface area contributed by atoms with E-state index in [9.17, 15) is 9.59 Å². The minimum Gasteiger partial charge on any atom is -0.352 e. The molecule has 7 aromatic rings. The molecular weight excluding hydrogens is 578 g/mol. The quantitative estimate of drug-likeness (QED) is 0.128. The van der Waals surface area contributed by atoms with E-state index in [4.69, 9.17) is 4.98 Å². The molecule has 4 aromatic heterocycles. The standard InChI is InChI=1S/C19H16N4O.C16H15N5O/c1-19(2)11-8-14-15(9-13(11)23-18(19)24)22-17(21-14)16-7-10-5-3-4-6-12(10)20-16;1-16(2)10-6-12-13(7-11(10)19-14(16)22)21-15(20-12)18-9-4-3-5-17-8-9/h3-9,20H,1-2H3,(H,21,22)(H,23,24);3-8H,1-2H3,(H,19,22)(H2,18,20,21). The summed E-state index contributed by atoms with van der Waals surface area (Å²) in [4.78, 5) is 47.4. The van der Waals surface area contributed by atoms with Crippen molar-refractivity contribution in [2.45, 2.75) is 38.5 Å². The molecule has 0 fully saturated rings. The molecule has 0 bridgehead atoms. The second kappa shape index (κ2) is 9.77. The lowest BCUT2D eigenvalue weighted by atomic mass is 9.86. The smallest absolute Gasteiger partial charge is 0.234 e.